The third-order valence-electron chi connectivity index (χ3n) is 2.18. The number of hydrogen-bond acceptors (Lipinski definition) is 5. The van der Waals surface area contributed by atoms with E-state index in [1.54, 1.807) is 12.1 Å². The Morgan fingerprint density at radius 3 is 2.90 bits per heavy atom. The molecule has 1 N–H and O–H groups in total. The van der Waals surface area contributed by atoms with Crippen molar-refractivity contribution in [3.05, 3.63) is 48.2 Å². The van der Waals surface area contributed by atoms with E-state index in [1.807, 2.05) is 36.4 Å². The third-order valence-corrected chi connectivity index (χ3v) is 3.11. The molecule has 6 heteroatoms. The predicted molar refractivity (Wildman–Crippen MR) is 75.2 cm³/mol. The molecule has 0 atom stereocenters. The molecule has 100 valence electrons. The Kier molecular flexibility index (Phi) is 4.98. The molecule has 0 aliphatic rings. The second kappa shape index (κ2) is 7.16. The van der Waals surface area contributed by atoms with E-state index in [0.717, 1.165) is 9.99 Å². The lowest BCUT2D eigenvalue weighted by molar-refractivity contribution is -0.120. The SMILES string of the molecule is N#CCC(=O)NN=Cc1ccc(Sc2ccccc2)o1. The first-order valence-corrected chi connectivity index (χ1v) is 6.61. The van der Waals surface area contributed by atoms with E-state index in [-0.39, 0.29) is 6.42 Å². The zero-order valence-corrected chi connectivity index (χ0v) is 11.3. The summed E-state index contributed by atoms with van der Waals surface area (Å²) in [5.41, 5.74) is 2.23. The van der Waals surface area contributed by atoms with Gasteiger partial charge in [0.1, 0.15) is 12.2 Å². The number of rotatable bonds is 5. The highest BCUT2D eigenvalue weighted by molar-refractivity contribution is 7.99. The Hall–Kier alpha value is -2.52. The molecule has 0 fully saturated rings. The van der Waals surface area contributed by atoms with Crippen LogP contribution < -0.4 is 5.43 Å². The molecule has 1 aromatic carbocycles. The van der Waals surface area contributed by atoms with Crippen LogP contribution in [0.2, 0.25) is 0 Å². The van der Waals surface area contributed by atoms with Gasteiger partial charge < -0.3 is 4.42 Å². The molecule has 0 saturated carbocycles. The number of nitriles is 1. The summed E-state index contributed by atoms with van der Waals surface area (Å²) in [4.78, 5) is 12.1. The van der Waals surface area contributed by atoms with Crippen LogP contribution in [0.1, 0.15) is 12.2 Å². The van der Waals surface area contributed by atoms with Gasteiger partial charge in [-0.25, -0.2) is 5.43 Å². The molecule has 0 spiro atoms. The lowest BCUT2D eigenvalue weighted by Gasteiger charge is -1.96. The largest absolute Gasteiger partial charge is 0.448 e. The zero-order chi connectivity index (χ0) is 14.2. The molecular weight excluding hydrogens is 274 g/mol. The van der Waals surface area contributed by atoms with E-state index in [0.29, 0.717) is 5.76 Å². The summed E-state index contributed by atoms with van der Waals surface area (Å²) < 4.78 is 5.53. The van der Waals surface area contributed by atoms with Crippen molar-refractivity contribution in [2.24, 2.45) is 5.10 Å². The Balaban J connectivity index is 1.91. The van der Waals surface area contributed by atoms with Crippen LogP contribution in [0.4, 0.5) is 0 Å². The van der Waals surface area contributed by atoms with Crippen LogP contribution in [-0.2, 0) is 4.79 Å². The van der Waals surface area contributed by atoms with Gasteiger partial charge in [0.2, 0.25) is 0 Å². The van der Waals surface area contributed by atoms with E-state index < -0.39 is 5.91 Å². The highest BCUT2D eigenvalue weighted by Crippen LogP contribution is 2.28. The topological polar surface area (TPSA) is 78.4 Å². The maximum absolute atomic E-state index is 11.0. The molecule has 1 heterocycles. The number of hydrogen-bond donors (Lipinski definition) is 1. The first kappa shape index (κ1) is 13.9. The Morgan fingerprint density at radius 1 is 1.35 bits per heavy atom. The zero-order valence-electron chi connectivity index (χ0n) is 10.4. The minimum atomic E-state index is -0.450. The first-order valence-electron chi connectivity index (χ1n) is 5.79. The molecule has 1 amide bonds. The number of nitrogens with zero attached hydrogens (tertiary/aromatic N) is 2. The molecule has 0 radical (unpaired) electrons. The number of amides is 1. The van der Waals surface area contributed by atoms with E-state index >= 15 is 0 Å². The summed E-state index contributed by atoms with van der Waals surface area (Å²) in [5, 5.41) is 12.8. The van der Waals surface area contributed by atoms with Crippen LogP contribution in [-0.4, -0.2) is 12.1 Å². The number of furan rings is 1. The van der Waals surface area contributed by atoms with E-state index in [4.69, 9.17) is 9.68 Å². The molecule has 5 nitrogen and oxygen atoms in total. The van der Waals surface area contributed by atoms with Gasteiger partial charge in [0, 0.05) is 4.90 Å². The highest BCUT2D eigenvalue weighted by Gasteiger charge is 2.02. The number of benzene rings is 1. The van der Waals surface area contributed by atoms with Crippen LogP contribution in [0, 0.1) is 11.3 Å². The highest BCUT2D eigenvalue weighted by atomic mass is 32.2. The standard InChI is InChI=1S/C14H11N3O2S/c15-9-8-13(18)17-16-10-11-6-7-14(19-11)20-12-4-2-1-3-5-12/h1-7,10H,8H2,(H,17,18). The minimum Gasteiger partial charge on any atom is -0.448 e. The van der Waals surface area contributed by atoms with Crippen molar-refractivity contribution in [2.75, 3.05) is 0 Å². The van der Waals surface area contributed by atoms with Gasteiger partial charge in [-0.3, -0.25) is 4.79 Å². The van der Waals surface area contributed by atoms with Crippen LogP contribution in [0.25, 0.3) is 0 Å². The molecule has 0 saturated heterocycles. The van der Waals surface area contributed by atoms with Gasteiger partial charge in [0.25, 0.3) is 5.91 Å². The van der Waals surface area contributed by atoms with Gasteiger partial charge in [-0.15, -0.1) is 0 Å². The summed E-state index contributed by atoms with van der Waals surface area (Å²) in [6.45, 7) is 0. The van der Waals surface area contributed by atoms with Crippen LogP contribution in [0.3, 0.4) is 0 Å². The maximum atomic E-state index is 11.0. The van der Waals surface area contributed by atoms with E-state index in [2.05, 4.69) is 10.5 Å². The van der Waals surface area contributed by atoms with Crippen molar-refractivity contribution in [3.8, 4) is 6.07 Å². The fourth-order valence-electron chi connectivity index (χ4n) is 1.34. The normalized spacial score (nSPS) is 10.3. The molecule has 0 aliphatic carbocycles. The summed E-state index contributed by atoms with van der Waals surface area (Å²) in [7, 11) is 0. The van der Waals surface area contributed by atoms with Gasteiger partial charge in [-0.1, -0.05) is 30.0 Å². The van der Waals surface area contributed by atoms with Crippen molar-refractivity contribution < 1.29 is 9.21 Å². The van der Waals surface area contributed by atoms with Crippen molar-refractivity contribution in [3.63, 3.8) is 0 Å². The Labute approximate surface area is 120 Å². The minimum absolute atomic E-state index is 0.218. The molecule has 2 aromatic rings. The Morgan fingerprint density at radius 2 is 2.15 bits per heavy atom. The fourth-order valence-corrected chi connectivity index (χ4v) is 2.14. The van der Waals surface area contributed by atoms with Gasteiger partial charge in [0.15, 0.2) is 5.09 Å². The molecule has 0 unspecified atom stereocenters. The summed E-state index contributed by atoms with van der Waals surface area (Å²) in [5.74, 6) is 0.0786. The maximum Gasteiger partial charge on any atom is 0.254 e. The Bertz CT molecular complexity index is 644. The quantitative estimate of drug-likeness (QED) is 0.676. The first-order chi connectivity index (χ1) is 9.78. The van der Waals surface area contributed by atoms with Crippen molar-refractivity contribution in [1.29, 1.82) is 5.26 Å². The monoisotopic (exact) mass is 285 g/mol. The van der Waals surface area contributed by atoms with E-state index in [9.17, 15) is 4.79 Å². The number of carbonyl (C=O) groups excluding carboxylic acids is 1. The average molecular weight is 285 g/mol. The van der Waals surface area contributed by atoms with Gasteiger partial charge in [0.05, 0.1) is 12.3 Å². The molecule has 2 rings (SSSR count). The van der Waals surface area contributed by atoms with Crippen molar-refractivity contribution in [2.45, 2.75) is 16.4 Å². The lowest BCUT2D eigenvalue weighted by atomic mass is 10.4. The van der Waals surface area contributed by atoms with Crippen molar-refractivity contribution >= 4 is 23.9 Å². The summed E-state index contributed by atoms with van der Waals surface area (Å²) in [6, 6.07) is 15.2. The van der Waals surface area contributed by atoms with E-state index in [1.165, 1.54) is 18.0 Å². The van der Waals surface area contributed by atoms with Crippen molar-refractivity contribution in [1.82, 2.24) is 5.43 Å². The smallest absolute Gasteiger partial charge is 0.254 e. The second-order valence-electron chi connectivity index (χ2n) is 3.70. The molecule has 20 heavy (non-hydrogen) atoms. The summed E-state index contributed by atoms with van der Waals surface area (Å²) in [6.07, 6.45) is 1.18. The van der Waals surface area contributed by atoms with Gasteiger partial charge >= 0.3 is 0 Å². The number of carbonyl (C=O) groups is 1. The fraction of sp³-hybridized carbons (Fsp3) is 0.0714. The lowest BCUT2D eigenvalue weighted by Crippen LogP contribution is -2.15. The second-order valence-corrected chi connectivity index (χ2v) is 4.78. The molecule has 0 bridgehead atoms. The predicted octanol–water partition coefficient (Wildman–Crippen LogP) is 2.79. The number of hydrazone groups is 1. The number of nitrogens with one attached hydrogen (secondary N) is 1. The van der Waals surface area contributed by atoms with Gasteiger partial charge in [-0.2, -0.15) is 10.4 Å². The molecule has 1 aromatic heterocycles. The van der Waals surface area contributed by atoms with Gasteiger partial charge in [-0.05, 0) is 24.3 Å². The summed E-state index contributed by atoms with van der Waals surface area (Å²) >= 11 is 1.50. The van der Waals surface area contributed by atoms with Crippen LogP contribution >= 0.6 is 11.8 Å². The third kappa shape index (κ3) is 4.30. The molecular formula is C14H11N3O2S. The van der Waals surface area contributed by atoms with Crippen LogP contribution in [0.15, 0.2) is 62.0 Å². The van der Waals surface area contributed by atoms with Crippen LogP contribution in [0.5, 0.6) is 0 Å². The molecule has 0 aliphatic heterocycles. The average Bonchev–Trinajstić information content (AvgIpc) is 2.88.